The van der Waals surface area contributed by atoms with Gasteiger partial charge in [0, 0.05) is 19.1 Å². The number of amides is 4. The molecule has 26 heavy (non-hydrogen) atoms. The Morgan fingerprint density at radius 3 is 2.38 bits per heavy atom. The molecule has 0 saturated heterocycles. The molecular formula is C18H26N4O4. The second-order valence-electron chi connectivity index (χ2n) is 6.38. The summed E-state index contributed by atoms with van der Waals surface area (Å²) in [5.74, 6) is 0.0951. The maximum atomic E-state index is 11.9. The first kappa shape index (κ1) is 19.7. The molecule has 0 spiro atoms. The zero-order valence-electron chi connectivity index (χ0n) is 15.3. The quantitative estimate of drug-likeness (QED) is 0.548. The predicted octanol–water partition coefficient (Wildman–Crippen LogP) is 0.839. The molecule has 1 aliphatic carbocycles. The van der Waals surface area contributed by atoms with Crippen LogP contribution in [0, 0.1) is 0 Å². The number of rotatable bonds is 8. The van der Waals surface area contributed by atoms with Crippen LogP contribution in [-0.2, 0) is 9.59 Å². The molecule has 2 atom stereocenters. The summed E-state index contributed by atoms with van der Waals surface area (Å²) >= 11 is 0. The topological polar surface area (TPSA) is 109 Å². The van der Waals surface area contributed by atoms with Crippen molar-refractivity contribution in [3.63, 3.8) is 0 Å². The molecule has 1 aromatic rings. The number of benzene rings is 1. The number of hydrogen-bond acceptors (Lipinski definition) is 5. The summed E-state index contributed by atoms with van der Waals surface area (Å²) in [4.78, 5) is 34.7. The summed E-state index contributed by atoms with van der Waals surface area (Å²) in [6.45, 7) is 3.60. The van der Waals surface area contributed by atoms with E-state index >= 15 is 0 Å². The highest BCUT2D eigenvalue weighted by molar-refractivity contribution is 5.96. The van der Waals surface area contributed by atoms with E-state index in [9.17, 15) is 14.4 Å². The van der Waals surface area contributed by atoms with Crippen LogP contribution in [0.1, 0.15) is 38.3 Å². The fourth-order valence-electron chi connectivity index (χ4n) is 2.33. The molecule has 1 aromatic carbocycles. The Kier molecular flexibility index (Phi) is 6.97. The molecule has 4 amide bonds. The molecule has 2 rings (SSSR count). The number of hydrogen-bond donors (Lipinski definition) is 4. The molecule has 8 nitrogen and oxygen atoms in total. The molecule has 8 heteroatoms. The van der Waals surface area contributed by atoms with E-state index < -0.39 is 18.0 Å². The minimum Gasteiger partial charge on any atom is -0.484 e. The highest BCUT2D eigenvalue weighted by Gasteiger charge is 2.23. The SMILES string of the molecule is CNC(=O)NC(=O)[C@@H](C)N[C@H](C)c1ccc(OCC(=O)NC2CC2)cc1. The van der Waals surface area contributed by atoms with Gasteiger partial charge in [-0.15, -0.1) is 0 Å². The molecule has 0 radical (unpaired) electrons. The van der Waals surface area contributed by atoms with Crippen molar-refractivity contribution in [2.75, 3.05) is 13.7 Å². The highest BCUT2D eigenvalue weighted by atomic mass is 16.5. The van der Waals surface area contributed by atoms with Crippen LogP contribution in [0.2, 0.25) is 0 Å². The molecule has 4 N–H and O–H groups in total. The van der Waals surface area contributed by atoms with Crippen LogP contribution >= 0.6 is 0 Å². The van der Waals surface area contributed by atoms with Gasteiger partial charge in [-0.3, -0.25) is 20.2 Å². The Morgan fingerprint density at radius 2 is 1.81 bits per heavy atom. The summed E-state index contributed by atoms with van der Waals surface area (Å²) in [5.41, 5.74) is 0.958. The average molecular weight is 362 g/mol. The van der Waals surface area contributed by atoms with Crippen molar-refractivity contribution in [2.45, 2.75) is 44.8 Å². The third kappa shape index (κ3) is 6.36. The smallest absolute Gasteiger partial charge is 0.321 e. The molecule has 0 unspecified atom stereocenters. The number of ether oxygens (including phenoxy) is 1. The van der Waals surface area contributed by atoms with Gasteiger partial charge >= 0.3 is 6.03 Å². The lowest BCUT2D eigenvalue weighted by atomic mass is 10.1. The van der Waals surface area contributed by atoms with Gasteiger partial charge in [-0.2, -0.15) is 0 Å². The summed E-state index contributed by atoms with van der Waals surface area (Å²) in [6, 6.07) is 6.45. The van der Waals surface area contributed by atoms with Crippen LogP contribution in [0.3, 0.4) is 0 Å². The van der Waals surface area contributed by atoms with Gasteiger partial charge in [0.25, 0.3) is 5.91 Å². The molecular weight excluding hydrogens is 336 g/mol. The Morgan fingerprint density at radius 1 is 1.15 bits per heavy atom. The maximum absolute atomic E-state index is 11.9. The van der Waals surface area contributed by atoms with Crippen molar-refractivity contribution < 1.29 is 19.1 Å². The highest BCUT2D eigenvalue weighted by Crippen LogP contribution is 2.19. The second kappa shape index (κ2) is 9.19. The molecule has 0 heterocycles. The summed E-state index contributed by atoms with van der Waals surface area (Å²) in [5, 5.41) is 10.6. The Hall–Kier alpha value is -2.61. The van der Waals surface area contributed by atoms with Gasteiger partial charge in [-0.1, -0.05) is 12.1 Å². The third-order valence-corrected chi connectivity index (χ3v) is 4.05. The fourth-order valence-corrected chi connectivity index (χ4v) is 2.33. The van der Waals surface area contributed by atoms with Gasteiger partial charge < -0.3 is 15.4 Å². The van der Waals surface area contributed by atoms with Gasteiger partial charge in [0.05, 0.1) is 6.04 Å². The van der Waals surface area contributed by atoms with Gasteiger partial charge in [-0.25, -0.2) is 4.79 Å². The van der Waals surface area contributed by atoms with Crippen LogP contribution in [0.4, 0.5) is 4.79 Å². The summed E-state index contributed by atoms with van der Waals surface area (Å²) in [6.07, 6.45) is 2.09. The normalized spacial score (nSPS) is 15.5. The second-order valence-corrected chi connectivity index (χ2v) is 6.38. The fraction of sp³-hybridized carbons (Fsp3) is 0.500. The van der Waals surface area contributed by atoms with Gasteiger partial charge in [0.2, 0.25) is 5.91 Å². The Bertz CT molecular complexity index is 643. The van der Waals surface area contributed by atoms with Crippen molar-refractivity contribution in [1.29, 1.82) is 0 Å². The molecule has 0 bridgehead atoms. The van der Waals surface area contributed by atoms with E-state index in [1.54, 1.807) is 19.1 Å². The largest absolute Gasteiger partial charge is 0.484 e. The summed E-state index contributed by atoms with van der Waals surface area (Å²) < 4.78 is 5.47. The van der Waals surface area contributed by atoms with Gasteiger partial charge in [0.1, 0.15) is 5.75 Å². The van der Waals surface area contributed by atoms with E-state index in [0.29, 0.717) is 11.8 Å². The van der Waals surface area contributed by atoms with Crippen LogP contribution in [0.15, 0.2) is 24.3 Å². The zero-order chi connectivity index (χ0) is 19.1. The Balaban J connectivity index is 1.79. The van der Waals surface area contributed by atoms with E-state index in [0.717, 1.165) is 18.4 Å². The standard InChI is InChI=1S/C18H26N4O4/c1-11(20-12(2)17(24)22-18(25)19-3)13-4-8-15(9-5-13)26-10-16(23)21-14-6-7-14/h4-5,8-9,11-12,14,20H,6-7,10H2,1-3H3,(H,21,23)(H2,19,22,24,25)/t11-,12-/m1/s1. The molecule has 0 aliphatic heterocycles. The first-order chi connectivity index (χ1) is 12.4. The predicted molar refractivity (Wildman–Crippen MR) is 96.7 cm³/mol. The first-order valence-corrected chi connectivity index (χ1v) is 8.69. The number of carbonyl (C=O) groups excluding carboxylic acids is 3. The van der Waals surface area contributed by atoms with Crippen LogP contribution in [-0.4, -0.2) is 43.6 Å². The molecule has 1 fully saturated rings. The first-order valence-electron chi connectivity index (χ1n) is 8.69. The van der Waals surface area contributed by atoms with E-state index in [1.807, 2.05) is 19.1 Å². The van der Waals surface area contributed by atoms with E-state index in [1.165, 1.54) is 7.05 Å². The van der Waals surface area contributed by atoms with Gasteiger partial charge in [0.15, 0.2) is 6.61 Å². The van der Waals surface area contributed by atoms with Crippen molar-refractivity contribution in [3.8, 4) is 5.75 Å². The summed E-state index contributed by atoms with van der Waals surface area (Å²) in [7, 11) is 1.45. The van der Waals surface area contributed by atoms with Crippen molar-refractivity contribution >= 4 is 17.8 Å². The molecule has 1 saturated carbocycles. The average Bonchev–Trinajstić information content (AvgIpc) is 3.44. The van der Waals surface area contributed by atoms with Crippen molar-refractivity contribution in [3.05, 3.63) is 29.8 Å². The zero-order valence-corrected chi connectivity index (χ0v) is 15.3. The van der Waals surface area contributed by atoms with Gasteiger partial charge in [-0.05, 0) is 44.4 Å². The third-order valence-electron chi connectivity index (χ3n) is 4.05. The number of nitrogens with one attached hydrogen (secondary N) is 4. The van der Waals surface area contributed by atoms with Crippen molar-refractivity contribution in [1.82, 2.24) is 21.3 Å². The molecule has 0 aromatic heterocycles. The van der Waals surface area contributed by atoms with E-state index in [-0.39, 0.29) is 18.6 Å². The minimum atomic E-state index is -0.538. The lowest BCUT2D eigenvalue weighted by Crippen LogP contribution is -2.47. The van der Waals surface area contributed by atoms with Crippen LogP contribution in [0.25, 0.3) is 0 Å². The minimum absolute atomic E-state index is 0.000345. The van der Waals surface area contributed by atoms with E-state index in [4.69, 9.17) is 4.74 Å². The molecule has 1 aliphatic rings. The number of imide groups is 1. The Labute approximate surface area is 153 Å². The van der Waals surface area contributed by atoms with Crippen LogP contribution < -0.4 is 26.0 Å². The van der Waals surface area contributed by atoms with Crippen LogP contribution in [0.5, 0.6) is 5.75 Å². The number of carbonyl (C=O) groups is 3. The number of urea groups is 1. The molecule has 142 valence electrons. The maximum Gasteiger partial charge on any atom is 0.321 e. The monoisotopic (exact) mass is 362 g/mol. The van der Waals surface area contributed by atoms with Crippen molar-refractivity contribution in [2.24, 2.45) is 0 Å². The van der Waals surface area contributed by atoms with E-state index in [2.05, 4.69) is 21.3 Å². The lowest BCUT2D eigenvalue weighted by molar-refractivity contribution is -0.123. The lowest BCUT2D eigenvalue weighted by Gasteiger charge is -2.20.